The van der Waals surface area contributed by atoms with Crippen LogP contribution in [0.5, 0.6) is 0 Å². The van der Waals surface area contributed by atoms with E-state index in [4.69, 9.17) is 16.0 Å². The molecule has 0 fully saturated rings. The molecule has 0 atom stereocenters. The summed E-state index contributed by atoms with van der Waals surface area (Å²) in [4.78, 5) is 1.08. The first kappa shape index (κ1) is 11.7. The zero-order valence-electron chi connectivity index (χ0n) is 9.13. The maximum absolute atomic E-state index is 5.88. The van der Waals surface area contributed by atoms with Crippen molar-refractivity contribution < 1.29 is 4.42 Å². The molecule has 2 aromatic rings. The molecule has 0 aliphatic carbocycles. The topological polar surface area (TPSA) is 25.2 Å². The van der Waals surface area contributed by atoms with Crippen LogP contribution in [0, 0.1) is 0 Å². The smallest absolute Gasteiger partial charge is 0.144 e. The van der Waals surface area contributed by atoms with E-state index in [2.05, 4.69) is 12.2 Å². The summed E-state index contributed by atoms with van der Waals surface area (Å²) in [6.45, 7) is 3.95. The molecular weight excluding hydrogens is 242 g/mol. The molecule has 86 valence electrons. The van der Waals surface area contributed by atoms with Gasteiger partial charge in [0.15, 0.2) is 0 Å². The Kier molecular flexibility index (Phi) is 4.04. The molecule has 2 rings (SSSR count). The van der Waals surface area contributed by atoms with E-state index in [1.807, 2.05) is 24.3 Å². The second kappa shape index (κ2) is 5.53. The Morgan fingerprint density at radius 3 is 2.88 bits per heavy atom. The number of rotatable bonds is 5. The summed E-state index contributed by atoms with van der Waals surface area (Å²) >= 11 is 7.42. The molecule has 2 nitrogen and oxygen atoms in total. The Morgan fingerprint density at radius 1 is 1.31 bits per heavy atom. The van der Waals surface area contributed by atoms with Crippen molar-refractivity contribution in [1.29, 1.82) is 0 Å². The third-order valence-corrected chi connectivity index (χ3v) is 3.45. The standard InChI is InChI=1S/C12H14ClNOS/c1-2-7-14-8-9-3-4-10(15-9)11-5-6-12(13)16-11/h3-6,14H,2,7-8H2,1H3. The van der Waals surface area contributed by atoms with Crippen LogP contribution in [-0.4, -0.2) is 6.54 Å². The van der Waals surface area contributed by atoms with Crippen molar-refractivity contribution in [2.75, 3.05) is 6.54 Å². The molecule has 0 aliphatic rings. The van der Waals surface area contributed by atoms with Crippen molar-refractivity contribution in [2.24, 2.45) is 0 Å². The van der Waals surface area contributed by atoms with E-state index < -0.39 is 0 Å². The predicted octanol–water partition coefficient (Wildman–Crippen LogP) is 4.16. The van der Waals surface area contributed by atoms with Crippen LogP contribution >= 0.6 is 22.9 Å². The molecule has 0 amide bonds. The Balaban J connectivity index is 2.02. The van der Waals surface area contributed by atoms with Crippen molar-refractivity contribution in [2.45, 2.75) is 19.9 Å². The summed E-state index contributed by atoms with van der Waals surface area (Å²) in [7, 11) is 0. The van der Waals surface area contributed by atoms with E-state index in [-0.39, 0.29) is 0 Å². The van der Waals surface area contributed by atoms with Gasteiger partial charge in [-0.25, -0.2) is 0 Å². The quantitative estimate of drug-likeness (QED) is 0.812. The van der Waals surface area contributed by atoms with Gasteiger partial charge in [0.1, 0.15) is 11.5 Å². The van der Waals surface area contributed by atoms with Crippen molar-refractivity contribution in [3.8, 4) is 10.6 Å². The van der Waals surface area contributed by atoms with Gasteiger partial charge in [0.25, 0.3) is 0 Å². The summed E-state index contributed by atoms with van der Waals surface area (Å²) in [6.07, 6.45) is 1.13. The molecule has 0 aliphatic heterocycles. The zero-order valence-corrected chi connectivity index (χ0v) is 10.7. The van der Waals surface area contributed by atoms with Crippen LogP contribution in [0.3, 0.4) is 0 Å². The van der Waals surface area contributed by atoms with Crippen LogP contribution in [0.4, 0.5) is 0 Å². The number of halogens is 1. The Bertz CT molecular complexity index is 449. The molecule has 0 radical (unpaired) electrons. The average Bonchev–Trinajstić information content (AvgIpc) is 2.87. The Morgan fingerprint density at radius 2 is 2.19 bits per heavy atom. The van der Waals surface area contributed by atoms with Gasteiger partial charge in [-0.2, -0.15) is 0 Å². The second-order valence-corrected chi connectivity index (χ2v) is 5.26. The van der Waals surface area contributed by atoms with Gasteiger partial charge < -0.3 is 9.73 Å². The number of furan rings is 1. The molecular formula is C12H14ClNOS. The lowest BCUT2D eigenvalue weighted by molar-refractivity contribution is 0.494. The molecule has 4 heteroatoms. The van der Waals surface area contributed by atoms with Gasteiger partial charge in [-0.05, 0) is 37.2 Å². The second-order valence-electron chi connectivity index (χ2n) is 3.55. The largest absolute Gasteiger partial charge is 0.459 e. The molecule has 16 heavy (non-hydrogen) atoms. The van der Waals surface area contributed by atoms with Crippen LogP contribution in [-0.2, 0) is 6.54 Å². The monoisotopic (exact) mass is 255 g/mol. The van der Waals surface area contributed by atoms with E-state index in [0.717, 1.165) is 40.2 Å². The maximum Gasteiger partial charge on any atom is 0.144 e. The molecule has 0 spiro atoms. The minimum Gasteiger partial charge on any atom is -0.459 e. The van der Waals surface area contributed by atoms with Crippen molar-refractivity contribution >= 4 is 22.9 Å². The Hall–Kier alpha value is -0.770. The van der Waals surface area contributed by atoms with E-state index in [0.29, 0.717) is 0 Å². The summed E-state index contributed by atoms with van der Waals surface area (Å²) in [5, 5.41) is 3.30. The summed E-state index contributed by atoms with van der Waals surface area (Å²) in [5.74, 6) is 1.86. The van der Waals surface area contributed by atoms with E-state index in [1.54, 1.807) is 0 Å². The van der Waals surface area contributed by atoms with Gasteiger partial charge in [-0.15, -0.1) is 11.3 Å². The highest BCUT2D eigenvalue weighted by Crippen LogP contribution is 2.31. The van der Waals surface area contributed by atoms with Gasteiger partial charge >= 0.3 is 0 Å². The molecule has 0 bridgehead atoms. The summed E-state index contributed by atoms with van der Waals surface area (Å²) < 4.78 is 6.51. The van der Waals surface area contributed by atoms with Crippen LogP contribution in [0.1, 0.15) is 19.1 Å². The summed E-state index contributed by atoms with van der Waals surface area (Å²) in [5.41, 5.74) is 0. The third kappa shape index (κ3) is 2.88. The molecule has 0 saturated carbocycles. The van der Waals surface area contributed by atoms with E-state index in [1.165, 1.54) is 11.3 Å². The van der Waals surface area contributed by atoms with Gasteiger partial charge in [0.2, 0.25) is 0 Å². The molecule has 2 heterocycles. The van der Waals surface area contributed by atoms with Crippen LogP contribution in [0.25, 0.3) is 10.6 Å². The maximum atomic E-state index is 5.88. The SMILES string of the molecule is CCCNCc1ccc(-c2ccc(Cl)s2)o1. The highest BCUT2D eigenvalue weighted by atomic mass is 35.5. The molecule has 2 aromatic heterocycles. The van der Waals surface area contributed by atoms with Gasteiger partial charge in [-0.3, -0.25) is 0 Å². The molecule has 0 unspecified atom stereocenters. The highest BCUT2D eigenvalue weighted by molar-refractivity contribution is 7.19. The predicted molar refractivity (Wildman–Crippen MR) is 69.0 cm³/mol. The zero-order chi connectivity index (χ0) is 11.4. The first-order valence-corrected chi connectivity index (χ1v) is 6.54. The minimum absolute atomic E-state index is 0.785. The lowest BCUT2D eigenvalue weighted by atomic mass is 10.3. The first-order chi connectivity index (χ1) is 7.79. The lowest BCUT2D eigenvalue weighted by Crippen LogP contribution is -2.12. The number of nitrogens with one attached hydrogen (secondary N) is 1. The summed E-state index contributed by atoms with van der Waals surface area (Å²) in [6, 6.07) is 7.87. The van der Waals surface area contributed by atoms with Crippen LogP contribution < -0.4 is 5.32 Å². The highest BCUT2D eigenvalue weighted by Gasteiger charge is 2.06. The number of hydrogen-bond acceptors (Lipinski definition) is 3. The van der Waals surface area contributed by atoms with E-state index >= 15 is 0 Å². The van der Waals surface area contributed by atoms with Crippen molar-refractivity contribution in [3.63, 3.8) is 0 Å². The van der Waals surface area contributed by atoms with Crippen molar-refractivity contribution in [1.82, 2.24) is 5.32 Å². The van der Waals surface area contributed by atoms with Gasteiger partial charge in [0.05, 0.1) is 15.8 Å². The van der Waals surface area contributed by atoms with E-state index in [9.17, 15) is 0 Å². The van der Waals surface area contributed by atoms with Crippen LogP contribution in [0.2, 0.25) is 4.34 Å². The minimum atomic E-state index is 0.785. The van der Waals surface area contributed by atoms with Crippen LogP contribution in [0.15, 0.2) is 28.7 Å². The fraction of sp³-hybridized carbons (Fsp3) is 0.333. The first-order valence-electron chi connectivity index (χ1n) is 5.34. The lowest BCUT2D eigenvalue weighted by Gasteiger charge is -1.98. The number of thiophene rings is 1. The fourth-order valence-electron chi connectivity index (χ4n) is 1.44. The Labute approximate surface area is 104 Å². The fourth-order valence-corrected chi connectivity index (χ4v) is 2.45. The average molecular weight is 256 g/mol. The third-order valence-electron chi connectivity index (χ3n) is 2.20. The molecule has 0 aromatic carbocycles. The molecule has 0 saturated heterocycles. The van der Waals surface area contributed by atoms with Crippen molar-refractivity contribution in [3.05, 3.63) is 34.4 Å². The molecule has 1 N–H and O–H groups in total. The normalized spacial score (nSPS) is 10.9. The van der Waals surface area contributed by atoms with Gasteiger partial charge in [-0.1, -0.05) is 18.5 Å². The number of hydrogen-bond donors (Lipinski definition) is 1. The van der Waals surface area contributed by atoms with Gasteiger partial charge in [0, 0.05) is 0 Å².